The molecule has 1 atom stereocenters. The fourth-order valence-electron chi connectivity index (χ4n) is 3.26. The van der Waals surface area contributed by atoms with Crippen LogP contribution in [0.5, 0.6) is 0 Å². The minimum Gasteiger partial charge on any atom is -0.388 e. The van der Waals surface area contributed by atoms with Crippen molar-refractivity contribution in [3.05, 3.63) is 52.4 Å². The molecule has 1 amide bonds. The second kappa shape index (κ2) is 7.24. The van der Waals surface area contributed by atoms with Crippen molar-refractivity contribution in [1.82, 2.24) is 20.3 Å². The van der Waals surface area contributed by atoms with Crippen molar-refractivity contribution in [3.8, 4) is 0 Å². The molecule has 0 radical (unpaired) electrons. The Kier molecular flexibility index (Phi) is 4.77. The molecule has 1 fully saturated rings. The average Bonchev–Trinajstić information content (AvgIpc) is 3.46. The van der Waals surface area contributed by atoms with Gasteiger partial charge in [0.05, 0.1) is 17.5 Å². The van der Waals surface area contributed by atoms with Gasteiger partial charge in [0.25, 0.3) is 5.91 Å². The SMILES string of the molecule is CNc1ccc(Cl)cc1C(=N)c1cnc2[nH]cc(C(=O)N[C@@H](C)C3CC3)c2n1. The van der Waals surface area contributed by atoms with Gasteiger partial charge in [0.2, 0.25) is 0 Å². The maximum Gasteiger partial charge on any atom is 0.255 e. The molecule has 4 rings (SSSR count). The molecule has 1 aromatic carbocycles. The number of carbonyl (C=O) groups is 1. The van der Waals surface area contributed by atoms with Crippen molar-refractivity contribution in [1.29, 1.82) is 5.41 Å². The zero-order valence-corrected chi connectivity index (χ0v) is 16.4. The maximum absolute atomic E-state index is 12.7. The summed E-state index contributed by atoms with van der Waals surface area (Å²) in [6.45, 7) is 2.02. The molecule has 28 heavy (non-hydrogen) atoms. The molecule has 2 aromatic heterocycles. The van der Waals surface area contributed by atoms with E-state index < -0.39 is 0 Å². The van der Waals surface area contributed by atoms with Gasteiger partial charge in [0.1, 0.15) is 11.2 Å². The Labute approximate surface area is 167 Å². The summed E-state index contributed by atoms with van der Waals surface area (Å²) in [6.07, 6.45) is 5.45. The van der Waals surface area contributed by atoms with E-state index in [1.54, 1.807) is 25.4 Å². The zero-order chi connectivity index (χ0) is 19.8. The Morgan fingerprint density at radius 2 is 2.14 bits per heavy atom. The summed E-state index contributed by atoms with van der Waals surface area (Å²) in [5.41, 5.74) is 3.34. The van der Waals surface area contributed by atoms with E-state index in [1.165, 1.54) is 6.20 Å². The highest BCUT2D eigenvalue weighted by atomic mass is 35.5. The minimum atomic E-state index is -0.178. The van der Waals surface area contributed by atoms with Gasteiger partial charge < -0.3 is 15.6 Å². The van der Waals surface area contributed by atoms with Gasteiger partial charge in [-0.05, 0) is 43.9 Å². The van der Waals surface area contributed by atoms with E-state index in [2.05, 4.69) is 25.6 Å². The number of fused-ring (bicyclic) bond motifs is 1. The lowest BCUT2D eigenvalue weighted by Gasteiger charge is -2.12. The number of hydrogen-bond donors (Lipinski definition) is 4. The van der Waals surface area contributed by atoms with E-state index in [9.17, 15) is 4.79 Å². The second-order valence-corrected chi connectivity index (χ2v) is 7.51. The predicted octanol–water partition coefficient (Wildman–Crippen LogP) is 3.60. The Balaban J connectivity index is 1.68. The van der Waals surface area contributed by atoms with Gasteiger partial charge in [-0.3, -0.25) is 10.2 Å². The van der Waals surface area contributed by atoms with Crippen LogP contribution in [-0.2, 0) is 0 Å². The minimum absolute atomic E-state index is 0.136. The summed E-state index contributed by atoms with van der Waals surface area (Å²) in [7, 11) is 1.78. The topological polar surface area (TPSA) is 107 Å². The number of halogens is 1. The highest BCUT2D eigenvalue weighted by Crippen LogP contribution is 2.32. The van der Waals surface area contributed by atoms with Crippen LogP contribution in [0.3, 0.4) is 0 Å². The van der Waals surface area contributed by atoms with Crippen LogP contribution >= 0.6 is 11.6 Å². The Morgan fingerprint density at radius 3 is 2.86 bits per heavy atom. The van der Waals surface area contributed by atoms with Crippen LogP contribution in [0, 0.1) is 11.3 Å². The zero-order valence-electron chi connectivity index (χ0n) is 15.6. The van der Waals surface area contributed by atoms with E-state index in [1.807, 2.05) is 13.0 Å². The second-order valence-electron chi connectivity index (χ2n) is 7.07. The number of aromatic amines is 1. The molecule has 0 aliphatic heterocycles. The van der Waals surface area contributed by atoms with Crippen molar-refractivity contribution >= 4 is 40.1 Å². The van der Waals surface area contributed by atoms with Gasteiger partial charge in [-0.15, -0.1) is 0 Å². The number of amides is 1. The van der Waals surface area contributed by atoms with E-state index in [0.717, 1.165) is 18.5 Å². The van der Waals surface area contributed by atoms with E-state index in [4.69, 9.17) is 17.0 Å². The smallest absolute Gasteiger partial charge is 0.255 e. The number of carbonyl (C=O) groups excluding carboxylic acids is 1. The van der Waals surface area contributed by atoms with Crippen molar-refractivity contribution in [2.45, 2.75) is 25.8 Å². The molecule has 8 heteroatoms. The summed E-state index contributed by atoms with van der Waals surface area (Å²) in [4.78, 5) is 24.6. The number of nitrogens with zero attached hydrogens (tertiary/aromatic N) is 2. The first-order valence-electron chi connectivity index (χ1n) is 9.19. The van der Waals surface area contributed by atoms with Crippen LogP contribution < -0.4 is 10.6 Å². The third kappa shape index (κ3) is 3.45. The average molecular weight is 397 g/mol. The van der Waals surface area contributed by atoms with Crippen LogP contribution in [0.2, 0.25) is 5.02 Å². The molecule has 0 saturated heterocycles. The Bertz CT molecular complexity index is 1070. The summed E-state index contributed by atoms with van der Waals surface area (Å²) in [5.74, 6) is 0.383. The van der Waals surface area contributed by atoms with Gasteiger partial charge in [0, 0.05) is 35.6 Å². The number of H-pyrrole nitrogens is 1. The van der Waals surface area contributed by atoms with Gasteiger partial charge in [-0.2, -0.15) is 0 Å². The van der Waals surface area contributed by atoms with Crippen LogP contribution in [0.25, 0.3) is 11.2 Å². The number of benzene rings is 1. The highest BCUT2D eigenvalue weighted by Gasteiger charge is 2.29. The molecule has 0 bridgehead atoms. The van der Waals surface area contributed by atoms with Crippen molar-refractivity contribution in [3.63, 3.8) is 0 Å². The summed E-state index contributed by atoms with van der Waals surface area (Å²) in [5, 5.41) is 15.2. The number of aromatic nitrogens is 3. The first-order chi connectivity index (χ1) is 13.5. The molecule has 2 heterocycles. The Morgan fingerprint density at radius 1 is 1.36 bits per heavy atom. The monoisotopic (exact) mass is 396 g/mol. The fraction of sp³-hybridized carbons (Fsp3) is 0.300. The molecule has 4 N–H and O–H groups in total. The van der Waals surface area contributed by atoms with Crippen LogP contribution in [0.15, 0.2) is 30.6 Å². The van der Waals surface area contributed by atoms with Crippen LogP contribution in [-0.4, -0.2) is 39.7 Å². The normalized spacial score (nSPS) is 14.7. The van der Waals surface area contributed by atoms with Crippen molar-refractivity contribution in [2.75, 3.05) is 12.4 Å². The number of rotatable bonds is 6. The van der Waals surface area contributed by atoms with Crippen molar-refractivity contribution in [2.24, 2.45) is 5.92 Å². The molecule has 1 aliphatic carbocycles. The molecule has 0 spiro atoms. The predicted molar refractivity (Wildman–Crippen MR) is 110 cm³/mol. The van der Waals surface area contributed by atoms with Crippen LogP contribution in [0.4, 0.5) is 5.69 Å². The first-order valence-corrected chi connectivity index (χ1v) is 9.57. The van der Waals surface area contributed by atoms with Gasteiger partial charge in [-0.25, -0.2) is 9.97 Å². The molecule has 3 aromatic rings. The van der Waals surface area contributed by atoms with Gasteiger partial charge >= 0.3 is 0 Å². The molecule has 0 unspecified atom stereocenters. The Hall–Kier alpha value is -2.93. The molecular formula is C20H21ClN6O. The standard InChI is InChI=1S/C20H21ClN6O/c1-10(11-3-4-11)26-20(28)14-8-24-19-18(14)27-16(9-25-19)17(22)13-7-12(21)5-6-15(13)23-2/h5-11,22-23H,3-4H2,1-2H3,(H,24,25)(H,26,28)/t10-/m0/s1. The lowest BCUT2D eigenvalue weighted by atomic mass is 10.1. The largest absolute Gasteiger partial charge is 0.388 e. The highest BCUT2D eigenvalue weighted by molar-refractivity contribution is 6.31. The fourth-order valence-corrected chi connectivity index (χ4v) is 3.43. The molecule has 7 nitrogen and oxygen atoms in total. The number of hydrogen-bond acceptors (Lipinski definition) is 5. The lowest BCUT2D eigenvalue weighted by Crippen LogP contribution is -2.33. The van der Waals surface area contributed by atoms with E-state index >= 15 is 0 Å². The lowest BCUT2D eigenvalue weighted by molar-refractivity contribution is 0.0937. The first kappa shape index (κ1) is 18.4. The van der Waals surface area contributed by atoms with Crippen molar-refractivity contribution < 1.29 is 4.79 Å². The third-order valence-electron chi connectivity index (χ3n) is 5.09. The number of nitrogens with one attached hydrogen (secondary N) is 4. The molecule has 1 saturated carbocycles. The van der Waals surface area contributed by atoms with Crippen LogP contribution in [0.1, 0.15) is 41.4 Å². The van der Waals surface area contributed by atoms with E-state index in [-0.39, 0.29) is 17.7 Å². The molecular weight excluding hydrogens is 376 g/mol. The third-order valence-corrected chi connectivity index (χ3v) is 5.32. The molecule has 1 aliphatic rings. The quantitative estimate of drug-likeness (QED) is 0.477. The number of anilines is 1. The van der Waals surface area contributed by atoms with Gasteiger partial charge in [-0.1, -0.05) is 11.6 Å². The maximum atomic E-state index is 12.7. The summed E-state index contributed by atoms with van der Waals surface area (Å²) >= 11 is 6.11. The summed E-state index contributed by atoms with van der Waals surface area (Å²) < 4.78 is 0. The van der Waals surface area contributed by atoms with Gasteiger partial charge in [0.15, 0.2) is 5.65 Å². The van der Waals surface area contributed by atoms with E-state index in [0.29, 0.717) is 38.9 Å². The molecule has 144 valence electrons. The summed E-state index contributed by atoms with van der Waals surface area (Å²) in [6, 6.07) is 5.42.